The van der Waals surface area contributed by atoms with Crippen LogP contribution < -0.4 is 0 Å². The van der Waals surface area contributed by atoms with Gasteiger partial charge in [-0.25, -0.2) is 13.6 Å². The zero-order chi connectivity index (χ0) is 15.5. The summed E-state index contributed by atoms with van der Waals surface area (Å²) in [5.41, 5.74) is -6.85. The van der Waals surface area contributed by atoms with E-state index < -0.39 is 51.3 Å². The maximum absolute atomic E-state index is 12.8. The second-order valence-corrected chi connectivity index (χ2v) is 4.49. The quantitative estimate of drug-likeness (QED) is 0.483. The zero-order valence-electron chi connectivity index (χ0n) is 9.79. The van der Waals surface area contributed by atoms with Crippen molar-refractivity contribution in [3.05, 3.63) is 28.8 Å². The van der Waals surface area contributed by atoms with Crippen LogP contribution in [0.5, 0.6) is 0 Å². The predicted octanol–water partition coefficient (Wildman–Crippen LogP) is 3.89. The van der Waals surface area contributed by atoms with Crippen molar-refractivity contribution in [2.75, 3.05) is 7.11 Å². The number of thioether (sulfide) groups is 1. The molecule has 9 heteroatoms. The molecule has 0 bridgehead atoms. The van der Waals surface area contributed by atoms with Crippen LogP contribution in [0.4, 0.5) is 22.0 Å². The number of carbonyl (C=O) groups is 1. The number of hydrogen-bond acceptors (Lipinski definition) is 4. The molecule has 1 rings (SSSR count). The van der Waals surface area contributed by atoms with Gasteiger partial charge in [0.2, 0.25) is 0 Å². The van der Waals surface area contributed by atoms with Gasteiger partial charge >= 0.3 is 11.5 Å². The topological polar surface area (TPSA) is 50.1 Å². The molecular formula is C11H6F5NO2S. The molecule has 0 N–H and O–H groups in total. The molecule has 0 aliphatic heterocycles. The molecule has 1 aromatic carbocycles. The first-order valence-corrected chi connectivity index (χ1v) is 5.71. The minimum Gasteiger partial charge on any atom is -0.465 e. The van der Waals surface area contributed by atoms with Crippen molar-refractivity contribution < 1.29 is 31.5 Å². The largest absolute Gasteiger partial charge is 0.465 e. The summed E-state index contributed by atoms with van der Waals surface area (Å²) in [5.74, 6) is -1.20. The molecule has 0 saturated carbocycles. The van der Waals surface area contributed by atoms with Crippen LogP contribution in [0.1, 0.15) is 27.9 Å². The smallest absolute Gasteiger partial charge is 0.446 e. The van der Waals surface area contributed by atoms with Gasteiger partial charge in [0.05, 0.1) is 18.2 Å². The summed E-state index contributed by atoms with van der Waals surface area (Å²) < 4.78 is 66.7. The number of ether oxygens (including phenoxy) is 1. The van der Waals surface area contributed by atoms with Gasteiger partial charge in [-0.1, -0.05) is 0 Å². The van der Waals surface area contributed by atoms with E-state index in [4.69, 9.17) is 5.26 Å². The van der Waals surface area contributed by atoms with Crippen molar-refractivity contribution in [3.63, 3.8) is 0 Å². The van der Waals surface area contributed by atoms with Gasteiger partial charge < -0.3 is 4.74 Å². The molecule has 0 amide bonds. The fraction of sp³-hybridized carbons (Fsp3) is 0.273. The lowest BCUT2D eigenvalue weighted by molar-refractivity contribution is -0.0328. The predicted molar refractivity (Wildman–Crippen MR) is 59.4 cm³/mol. The van der Waals surface area contributed by atoms with E-state index in [0.29, 0.717) is 12.1 Å². The van der Waals surface area contributed by atoms with Gasteiger partial charge in [0.15, 0.2) is 0 Å². The third-order valence-electron chi connectivity index (χ3n) is 2.14. The van der Waals surface area contributed by atoms with Gasteiger partial charge in [-0.3, -0.25) is 0 Å². The van der Waals surface area contributed by atoms with Crippen molar-refractivity contribution in [1.29, 1.82) is 5.26 Å². The standard InChI is InChI=1S/C11H6F5NO2S/c1-19-10(18)7-3-8(20-11(14,15)16)5(4-17)2-6(7)9(12)13/h2-3,9H,1H3. The molecule has 0 spiro atoms. The molecule has 0 aliphatic carbocycles. The van der Waals surface area contributed by atoms with Gasteiger partial charge in [0, 0.05) is 10.5 Å². The molecule has 0 unspecified atom stereocenters. The van der Waals surface area contributed by atoms with E-state index in [-0.39, 0.29) is 0 Å². The number of rotatable bonds is 3. The number of nitrogens with zero attached hydrogens (tertiary/aromatic N) is 1. The van der Waals surface area contributed by atoms with Crippen LogP contribution in [-0.4, -0.2) is 18.6 Å². The number of nitriles is 1. The van der Waals surface area contributed by atoms with Crippen molar-refractivity contribution in [2.24, 2.45) is 0 Å². The van der Waals surface area contributed by atoms with Crippen LogP contribution in [0, 0.1) is 11.3 Å². The van der Waals surface area contributed by atoms with E-state index in [2.05, 4.69) is 4.74 Å². The van der Waals surface area contributed by atoms with E-state index in [0.717, 1.165) is 7.11 Å². The van der Waals surface area contributed by atoms with Crippen LogP contribution >= 0.6 is 11.8 Å². The number of methoxy groups -OCH3 is 1. The Labute approximate surface area is 114 Å². The van der Waals surface area contributed by atoms with E-state index in [1.54, 1.807) is 0 Å². The molecule has 0 aromatic heterocycles. The number of hydrogen-bond donors (Lipinski definition) is 0. The minimum absolute atomic E-state index is 0.561. The number of carbonyl (C=O) groups excluding carboxylic acids is 1. The van der Waals surface area contributed by atoms with Crippen molar-refractivity contribution >= 4 is 17.7 Å². The van der Waals surface area contributed by atoms with E-state index >= 15 is 0 Å². The first kappa shape index (κ1) is 16.2. The van der Waals surface area contributed by atoms with Crippen molar-refractivity contribution in [1.82, 2.24) is 0 Å². The molecule has 20 heavy (non-hydrogen) atoms. The van der Waals surface area contributed by atoms with Gasteiger partial charge in [-0.05, 0) is 23.9 Å². The second kappa shape index (κ2) is 6.09. The highest BCUT2D eigenvalue weighted by atomic mass is 32.2. The molecule has 0 radical (unpaired) electrons. The van der Waals surface area contributed by atoms with E-state index in [1.807, 2.05) is 0 Å². The number of alkyl halides is 5. The van der Waals surface area contributed by atoms with Gasteiger partial charge in [-0.2, -0.15) is 18.4 Å². The third-order valence-corrected chi connectivity index (χ3v) is 2.93. The third kappa shape index (κ3) is 3.84. The van der Waals surface area contributed by atoms with Crippen LogP contribution in [0.3, 0.4) is 0 Å². The lowest BCUT2D eigenvalue weighted by atomic mass is 10.0. The lowest BCUT2D eigenvalue weighted by Crippen LogP contribution is -2.09. The highest BCUT2D eigenvalue weighted by Gasteiger charge is 2.32. The second-order valence-electron chi connectivity index (χ2n) is 3.39. The molecule has 108 valence electrons. The average Bonchev–Trinajstić information content (AvgIpc) is 2.35. The highest BCUT2D eigenvalue weighted by molar-refractivity contribution is 8.00. The Bertz CT molecular complexity index is 565. The molecule has 1 aromatic rings. The number of benzene rings is 1. The molecule has 0 atom stereocenters. The summed E-state index contributed by atoms with van der Waals surface area (Å²) in [7, 11) is 0.909. The molecule has 0 heterocycles. The number of halogens is 5. The zero-order valence-corrected chi connectivity index (χ0v) is 10.6. The summed E-state index contributed by atoms with van der Waals surface area (Å²) in [5, 5.41) is 8.72. The van der Waals surface area contributed by atoms with E-state index in [1.165, 1.54) is 6.07 Å². The van der Waals surface area contributed by atoms with Crippen LogP contribution in [0.25, 0.3) is 0 Å². The fourth-order valence-electron chi connectivity index (χ4n) is 1.36. The monoisotopic (exact) mass is 311 g/mol. The summed E-state index contributed by atoms with van der Waals surface area (Å²) >= 11 is -0.661. The number of esters is 1. The first-order valence-electron chi connectivity index (χ1n) is 4.90. The highest BCUT2D eigenvalue weighted by Crippen LogP contribution is 2.40. The maximum atomic E-state index is 12.8. The van der Waals surface area contributed by atoms with Gasteiger partial charge in [-0.15, -0.1) is 0 Å². The van der Waals surface area contributed by atoms with Crippen LogP contribution in [0.15, 0.2) is 17.0 Å². The van der Waals surface area contributed by atoms with Crippen LogP contribution in [0.2, 0.25) is 0 Å². The fourth-order valence-corrected chi connectivity index (χ4v) is 2.00. The molecular weight excluding hydrogens is 305 g/mol. The lowest BCUT2D eigenvalue weighted by Gasteiger charge is -2.12. The Hall–Kier alpha value is -1.82. The molecule has 0 aliphatic rings. The van der Waals surface area contributed by atoms with Gasteiger partial charge in [0.1, 0.15) is 6.07 Å². The Balaban J connectivity index is 3.47. The Morgan fingerprint density at radius 3 is 2.40 bits per heavy atom. The first-order chi connectivity index (χ1) is 9.19. The summed E-state index contributed by atoms with van der Waals surface area (Å²) in [6.45, 7) is 0. The minimum atomic E-state index is -4.72. The molecule has 0 saturated heterocycles. The van der Waals surface area contributed by atoms with Crippen molar-refractivity contribution in [3.8, 4) is 6.07 Å². The SMILES string of the molecule is COC(=O)c1cc(SC(F)(F)F)c(C#N)cc1C(F)F. The van der Waals surface area contributed by atoms with Gasteiger partial charge in [0.25, 0.3) is 6.43 Å². The van der Waals surface area contributed by atoms with E-state index in [9.17, 15) is 26.7 Å². The summed E-state index contributed by atoms with van der Waals surface area (Å²) in [6, 6.07) is 2.54. The average molecular weight is 311 g/mol. The van der Waals surface area contributed by atoms with Crippen molar-refractivity contribution in [2.45, 2.75) is 16.8 Å². The summed E-state index contributed by atoms with van der Waals surface area (Å²) in [6.07, 6.45) is -3.12. The Morgan fingerprint density at radius 2 is 2.00 bits per heavy atom. The normalized spacial score (nSPS) is 11.3. The Kier molecular flexibility index (Phi) is 4.94. The molecule has 3 nitrogen and oxygen atoms in total. The Morgan fingerprint density at radius 1 is 1.40 bits per heavy atom. The molecule has 0 fully saturated rings. The maximum Gasteiger partial charge on any atom is 0.446 e. The summed E-state index contributed by atoms with van der Waals surface area (Å²) in [4.78, 5) is 10.7. The van der Waals surface area contributed by atoms with Crippen LogP contribution in [-0.2, 0) is 4.74 Å².